The predicted molar refractivity (Wildman–Crippen MR) is 98.3 cm³/mol. The molecule has 9 heteroatoms. The Hall–Kier alpha value is -0.561. The van der Waals surface area contributed by atoms with Gasteiger partial charge >= 0.3 is 165 Å². The number of carbonyl (C=O) groups is 1. The van der Waals surface area contributed by atoms with E-state index < -0.39 is 5.97 Å². The van der Waals surface area contributed by atoms with E-state index in [1.165, 1.54) is 0 Å². The Labute approximate surface area is 164 Å². The van der Waals surface area contributed by atoms with Crippen LogP contribution in [0.2, 0.25) is 10.0 Å². The molecule has 2 heterocycles. The van der Waals surface area contributed by atoms with E-state index in [0.29, 0.717) is 25.9 Å². The minimum atomic E-state index is -1.11. The molecular formula is C14H6Br2Cl2N2O2Se. The molecule has 0 aliphatic heterocycles. The van der Waals surface area contributed by atoms with Crippen molar-refractivity contribution in [2.75, 3.05) is 0 Å². The van der Waals surface area contributed by atoms with Crippen molar-refractivity contribution < 1.29 is 9.90 Å². The van der Waals surface area contributed by atoms with Gasteiger partial charge in [-0.05, 0) is 0 Å². The summed E-state index contributed by atoms with van der Waals surface area (Å²) in [5.41, 5.74) is 1.18. The van der Waals surface area contributed by atoms with Crippen molar-refractivity contribution in [3.05, 3.63) is 53.9 Å². The zero-order chi connectivity index (χ0) is 16.7. The molecule has 0 aliphatic carbocycles. The fourth-order valence-corrected chi connectivity index (χ4v) is 6.08. The van der Waals surface area contributed by atoms with Crippen molar-refractivity contribution in [2.45, 2.75) is 0 Å². The zero-order valence-electron chi connectivity index (χ0n) is 11.1. The monoisotopic (exact) mass is 542 g/mol. The molecule has 1 N–H and O–H groups in total. The molecule has 0 fully saturated rings. The predicted octanol–water partition coefficient (Wildman–Crippen LogP) is 5.13. The van der Waals surface area contributed by atoms with E-state index >= 15 is 0 Å². The number of rotatable bonds is 3. The van der Waals surface area contributed by atoms with Crippen LogP contribution in [0.5, 0.6) is 0 Å². The SMILES string of the molecule is O=C(O)c1nn(-c2ccc(Cl)cc2Cl)c(-c2ccc(Br)[se]2)c1Br. The summed E-state index contributed by atoms with van der Waals surface area (Å²) in [6, 6.07) is 8.89. The number of aromatic carboxylic acids is 1. The summed E-state index contributed by atoms with van der Waals surface area (Å²) < 4.78 is 4.03. The molecule has 2 aromatic heterocycles. The van der Waals surface area contributed by atoms with Gasteiger partial charge in [0.05, 0.1) is 0 Å². The first-order valence-corrected chi connectivity index (χ1v) is 10.2. The van der Waals surface area contributed by atoms with Crippen molar-refractivity contribution in [3.8, 4) is 15.8 Å². The summed E-state index contributed by atoms with van der Waals surface area (Å²) in [4.78, 5) is 11.4. The first-order valence-electron chi connectivity index (χ1n) is 6.11. The van der Waals surface area contributed by atoms with Gasteiger partial charge in [-0.15, -0.1) is 0 Å². The molecule has 1 aromatic carbocycles. The summed E-state index contributed by atoms with van der Waals surface area (Å²) in [6.07, 6.45) is 0. The second-order valence-corrected chi connectivity index (χ2v) is 10.4. The average molecular weight is 544 g/mol. The third-order valence-electron chi connectivity index (χ3n) is 2.97. The van der Waals surface area contributed by atoms with E-state index in [4.69, 9.17) is 23.2 Å². The molecule has 0 unspecified atom stereocenters. The molecule has 0 radical (unpaired) electrons. The third-order valence-corrected chi connectivity index (χ3v) is 7.22. The first kappa shape index (κ1) is 17.3. The Kier molecular flexibility index (Phi) is 5.06. The molecule has 0 saturated heterocycles. The quantitative estimate of drug-likeness (QED) is 0.466. The van der Waals surface area contributed by atoms with Crippen LogP contribution in [0.25, 0.3) is 15.8 Å². The molecule has 0 bridgehead atoms. The van der Waals surface area contributed by atoms with Gasteiger partial charge < -0.3 is 0 Å². The van der Waals surface area contributed by atoms with Crippen molar-refractivity contribution in [3.63, 3.8) is 0 Å². The van der Waals surface area contributed by atoms with E-state index in [9.17, 15) is 9.90 Å². The van der Waals surface area contributed by atoms with E-state index in [-0.39, 0.29) is 20.2 Å². The number of nitrogens with zero attached hydrogens (tertiary/aromatic N) is 2. The van der Waals surface area contributed by atoms with Crippen LogP contribution in [0.15, 0.2) is 38.2 Å². The molecule has 0 aliphatic rings. The molecule has 118 valence electrons. The van der Waals surface area contributed by atoms with Crippen LogP contribution in [0, 0.1) is 0 Å². The van der Waals surface area contributed by atoms with Gasteiger partial charge in [0.25, 0.3) is 0 Å². The normalized spacial score (nSPS) is 11.0. The van der Waals surface area contributed by atoms with Crippen LogP contribution in [0.4, 0.5) is 0 Å². The van der Waals surface area contributed by atoms with Gasteiger partial charge in [-0.2, -0.15) is 0 Å². The zero-order valence-corrected chi connectivity index (χ0v) is 17.5. The maximum atomic E-state index is 11.4. The van der Waals surface area contributed by atoms with Gasteiger partial charge in [0.15, 0.2) is 0 Å². The van der Waals surface area contributed by atoms with Crippen molar-refractivity contribution >= 4 is 75.5 Å². The van der Waals surface area contributed by atoms with E-state index in [0.717, 1.165) is 7.78 Å². The number of carboxylic acid groups (broad SMARTS) is 1. The molecule has 3 aromatic rings. The van der Waals surface area contributed by atoms with E-state index in [2.05, 4.69) is 37.0 Å². The van der Waals surface area contributed by atoms with Gasteiger partial charge in [0.2, 0.25) is 0 Å². The summed E-state index contributed by atoms with van der Waals surface area (Å²) >= 11 is 19.1. The average Bonchev–Trinajstić information content (AvgIpc) is 3.02. The number of hydrogen-bond acceptors (Lipinski definition) is 2. The number of carboxylic acids is 1. The van der Waals surface area contributed by atoms with Crippen LogP contribution in [-0.2, 0) is 0 Å². The number of aromatic nitrogens is 2. The summed E-state index contributed by atoms with van der Waals surface area (Å²) in [5, 5.41) is 14.5. The topological polar surface area (TPSA) is 55.1 Å². The van der Waals surface area contributed by atoms with Gasteiger partial charge in [0, 0.05) is 0 Å². The Morgan fingerprint density at radius 3 is 2.52 bits per heavy atom. The first-order chi connectivity index (χ1) is 10.9. The number of halogens is 4. The number of benzene rings is 1. The van der Waals surface area contributed by atoms with Crippen molar-refractivity contribution in [1.82, 2.24) is 9.78 Å². The maximum absolute atomic E-state index is 11.4. The van der Waals surface area contributed by atoms with Crippen LogP contribution in [-0.4, -0.2) is 35.4 Å². The number of hydrogen-bond donors (Lipinski definition) is 1. The van der Waals surface area contributed by atoms with Gasteiger partial charge in [0.1, 0.15) is 0 Å². The standard InChI is InChI=1S/C14H6Br2Cl2N2O2Se/c15-10-4-3-9(23-10)13-11(16)12(14(21)22)19-20(13)8-2-1-6(17)5-7(8)18/h1-5H,(H,21,22). The third kappa shape index (κ3) is 3.31. The fraction of sp³-hybridized carbons (Fsp3) is 0. The van der Waals surface area contributed by atoms with Crippen molar-refractivity contribution in [2.24, 2.45) is 0 Å². The van der Waals surface area contributed by atoms with Crippen LogP contribution >= 0.6 is 55.1 Å². The second kappa shape index (κ2) is 6.75. The molecule has 3 rings (SSSR count). The van der Waals surface area contributed by atoms with Crippen LogP contribution < -0.4 is 0 Å². The van der Waals surface area contributed by atoms with E-state index in [1.807, 2.05) is 12.1 Å². The molecule has 0 saturated carbocycles. The molecule has 0 atom stereocenters. The van der Waals surface area contributed by atoms with Crippen molar-refractivity contribution in [1.29, 1.82) is 0 Å². The molecule has 4 nitrogen and oxygen atoms in total. The Bertz CT molecular complexity index is 924. The second-order valence-electron chi connectivity index (χ2n) is 4.43. The van der Waals surface area contributed by atoms with Gasteiger partial charge in [-0.3, -0.25) is 0 Å². The summed E-state index contributed by atoms with van der Waals surface area (Å²) in [6.45, 7) is 0. The molecule has 0 spiro atoms. The fourth-order valence-electron chi connectivity index (χ4n) is 2.02. The Balaban J connectivity index is 2.31. The van der Waals surface area contributed by atoms with Gasteiger partial charge in [-0.25, -0.2) is 0 Å². The molecular weight excluding hydrogens is 538 g/mol. The summed E-state index contributed by atoms with van der Waals surface area (Å²) in [7, 11) is 0. The Morgan fingerprint density at radius 1 is 1.22 bits per heavy atom. The summed E-state index contributed by atoms with van der Waals surface area (Å²) in [5.74, 6) is -1.11. The van der Waals surface area contributed by atoms with Crippen LogP contribution in [0.1, 0.15) is 10.5 Å². The molecule has 23 heavy (non-hydrogen) atoms. The van der Waals surface area contributed by atoms with Gasteiger partial charge in [-0.1, -0.05) is 0 Å². The Morgan fingerprint density at radius 2 is 1.96 bits per heavy atom. The molecule has 0 amide bonds. The van der Waals surface area contributed by atoms with Crippen LogP contribution in [0.3, 0.4) is 0 Å². The minimum absolute atomic E-state index is 0.0367. The van der Waals surface area contributed by atoms with E-state index in [1.54, 1.807) is 22.9 Å².